The summed E-state index contributed by atoms with van der Waals surface area (Å²) in [5.74, 6) is 2.15. The first-order chi connectivity index (χ1) is 21.8. The van der Waals surface area contributed by atoms with Crippen LogP contribution >= 0.6 is 0 Å². The molecular weight excluding hydrogens is 534 g/mol. The van der Waals surface area contributed by atoms with Crippen molar-refractivity contribution in [3.63, 3.8) is 0 Å². The summed E-state index contributed by atoms with van der Waals surface area (Å²) in [5.41, 5.74) is 13.6. The highest BCUT2D eigenvalue weighted by atomic mass is 15.0. The van der Waals surface area contributed by atoms with Crippen LogP contribution in [0.3, 0.4) is 0 Å². The zero-order chi connectivity index (χ0) is 29.0. The van der Waals surface area contributed by atoms with Gasteiger partial charge in [-0.15, -0.1) is 0 Å². The van der Waals surface area contributed by atoms with E-state index in [9.17, 15) is 0 Å². The van der Waals surface area contributed by atoms with E-state index in [2.05, 4.69) is 115 Å². The molecule has 2 aliphatic carbocycles. The summed E-state index contributed by atoms with van der Waals surface area (Å²) < 4.78 is 0. The minimum atomic E-state index is -0.135. The van der Waals surface area contributed by atoms with Crippen LogP contribution in [0.1, 0.15) is 45.5 Å². The molecule has 0 radical (unpaired) electrons. The van der Waals surface area contributed by atoms with Gasteiger partial charge in [-0.25, -0.2) is 15.0 Å². The predicted molar refractivity (Wildman–Crippen MR) is 176 cm³/mol. The Labute approximate surface area is 256 Å². The molecule has 0 amide bonds. The number of nitrogens with zero attached hydrogens (tertiary/aromatic N) is 3. The van der Waals surface area contributed by atoms with Gasteiger partial charge in [-0.2, -0.15) is 0 Å². The molecule has 206 valence electrons. The van der Waals surface area contributed by atoms with Crippen molar-refractivity contribution >= 4 is 0 Å². The van der Waals surface area contributed by atoms with Crippen LogP contribution in [0.15, 0.2) is 152 Å². The van der Waals surface area contributed by atoms with Crippen molar-refractivity contribution in [1.29, 1.82) is 0 Å². The second-order valence-corrected chi connectivity index (χ2v) is 11.5. The first-order valence-corrected chi connectivity index (χ1v) is 15.1. The minimum Gasteiger partial charge on any atom is -0.212 e. The summed E-state index contributed by atoms with van der Waals surface area (Å²) >= 11 is 0. The van der Waals surface area contributed by atoms with Gasteiger partial charge < -0.3 is 0 Å². The van der Waals surface area contributed by atoms with Crippen molar-refractivity contribution in [2.24, 2.45) is 0 Å². The van der Waals surface area contributed by atoms with E-state index in [1.807, 2.05) is 36.4 Å². The summed E-state index contributed by atoms with van der Waals surface area (Å²) in [7, 11) is 0. The van der Waals surface area contributed by atoms with E-state index in [0.717, 1.165) is 17.0 Å². The molecule has 7 aromatic rings. The largest absolute Gasteiger partial charge is 0.212 e. The molecule has 1 aromatic heterocycles. The van der Waals surface area contributed by atoms with Gasteiger partial charge in [0.25, 0.3) is 0 Å². The highest BCUT2D eigenvalue weighted by molar-refractivity contribution is 5.91. The molecule has 0 saturated carbocycles. The van der Waals surface area contributed by atoms with Crippen molar-refractivity contribution in [2.75, 3.05) is 0 Å². The van der Waals surface area contributed by atoms with Crippen LogP contribution in [0.5, 0.6) is 0 Å². The fourth-order valence-electron chi connectivity index (χ4n) is 7.24. The lowest BCUT2D eigenvalue weighted by Gasteiger charge is -2.22. The van der Waals surface area contributed by atoms with Crippen LogP contribution in [0, 0.1) is 0 Å². The fourth-order valence-corrected chi connectivity index (χ4v) is 7.24. The smallest absolute Gasteiger partial charge is 0.163 e. The normalized spacial score (nSPS) is 15.7. The molecule has 0 aliphatic heterocycles. The van der Waals surface area contributed by atoms with E-state index >= 15 is 0 Å². The van der Waals surface area contributed by atoms with Crippen molar-refractivity contribution in [1.82, 2.24) is 15.0 Å². The summed E-state index contributed by atoms with van der Waals surface area (Å²) in [6, 6.07) is 53.7. The molecule has 3 heteroatoms. The molecule has 2 atom stereocenters. The number of benzene rings is 6. The first kappa shape index (κ1) is 24.9. The Kier molecular flexibility index (Phi) is 5.63. The van der Waals surface area contributed by atoms with Crippen LogP contribution in [0.2, 0.25) is 0 Å². The average Bonchev–Trinajstić information content (AvgIpc) is 3.62. The van der Waals surface area contributed by atoms with Crippen molar-refractivity contribution in [2.45, 2.75) is 11.8 Å². The molecule has 0 saturated heterocycles. The molecule has 0 fully saturated rings. The van der Waals surface area contributed by atoms with Crippen LogP contribution in [0.4, 0.5) is 0 Å². The van der Waals surface area contributed by atoms with Crippen LogP contribution in [-0.4, -0.2) is 15.0 Å². The third kappa shape index (κ3) is 3.79. The highest BCUT2D eigenvalue weighted by Gasteiger charge is 2.41. The average molecular weight is 562 g/mol. The van der Waals surface area contributed by atoms with Gasteiger partial charge in [-0.3, -0.25) is 0 Å². The predicted octanol–water partition coefficient (Wildman–Crippen LogP) is 9.53. The summed E-state index contributed by atoms with van der Waals surface area (Å²) in [6.07, 6.45) is 0. The highest BCUT2D eigenvalue weighted by Crippen LogP contribution is 2.57. The lowest BCUT2D eigenvalue weighted by molar-refractivity contribution is 0.839. The molecule has 0 spiro atoms. The zero-order valence-electron chi connectivity index (χ0n) is 23.9. The third-order valence-corrected chi connectivity index (χ3v) is 9.10. The summed E-state index contributed by atoms with van der Waals surface area (Å²) in [5, 5.41) is 0. The monoisotopic (exact) mass is 561 g/mol. The summed E-state index contributed by atoms with van der Waals surface area (Å²) in [4.78, 5) is 15.5. The molecule has 0 bridgehead atoms. The second kappa shape index (κ2) is 9.96. The molecule has 2 aliphatic rings. The van der Waals surface area contributed by atoms with E-state index < -0.39 is 0 Å². The van der Waals surface area contributed by atoms with Gasteiger partial charge in [-0.1, -0.05) is 152 Å². The maximum atomic E-state index is 5.26. The number of fused-ring (bicyclic) bond motifs is 7. The molecular formula is C41H27N3. The number of hydrogen-bond donors (Lipinski definition) is 0. The lowest BCUT2D eigenvalue weighted by Crippen LogP contribution is -2.12. The maximum absolute atomic E-state index is 5.26. The van der Waals surface area contributed by atoms with Crippen LogP contribution < -0.4 is 0 Å². The maximum Gasteiger partial charge on any atom is 0.163 e. The van der Waals surface area contributed by atoms with Gasteiger partial charge >= 0.3 is 0 Å². The number of hydrogen-bond acceptors (Lipinski definition) is 3. The van der Waals surface area contributed by atoms with E-state index in [1.54, 1.807) is 0 Å². The Morgan fingerprint density at radius 3 is 1.32 bits per heavy atom. The zero-order valence-corrected chi connectivity index (χ0v) is 23.9. The first-order valence-electron chi connectivity index (χ1n) is 15.1. The Morgan fingerprint density at radius 2 is 0.773 bits per heavy atom. The van der Waals surface area contributed by atoms with E-state index in [0.29, 0.717) is 11.6 Å². The molecule has 6 aromatic carbocycles. The van der Waals surface area contributed by atoms with E-state index in [4.69, 9.17) is 15.0 Å². The molecule has 1 heterocycles. The van der Waals surface area contributed by atoms with Gasteiger partial charge in [0, 0.05) is 17.0 Å². The number of rotatable bonds is 4. The molecule has 44 heavy (non-hydrogen) atoms. The Hall–Kier alpha value is -5.67. The van der Waals surface area contributed by atoms with Gasteiger partial charge in [0.15, 0.2) is 11.6 Å². The van der Waals surface area contributed by atoms with E-state index in [1.165, 1.54) is 50.1 Å². The number of aromatic nitrogens is 3. The standard InChI is InChI=1S/C41H27N3/c1-4-14-26(15-5-1)35-31-22-12-10-20-29(31)33-24-25-34-30-21-11-13-23-32(30)38(37(34)36(33)35)41-43-39(27-16-6-2-7-17-27)42-40(44-41)28-18-8-3-9-19-28/h1-25,35,38H. The SMILES string of the molecule is c1ccc(-c2nc(-c3ccccc3)nc(C3c4ccccc4-c4ccc5c(c43)C(c3ccccc3)c3ccccc3-5)n2)cc1. The molecule has 9 rings (SSSR count). The van der Waals surface area contributed by atoms with Crippen molar-refractivity contribution < 1.29 is 0 Å². The fraction of sp³-hybridized carbons (Fsp3) is 0.0488. The van der Waals surface area contributed by atoms with Gasteiger partial charge in [-0.05, 0) is 50.1 Å². The molecule has 2 unspecified atom stereocenters. The van der Waals surface area contributed by atoms with E-state index in [-0.39, 0.29) is 11.8 Å². The molecule has 0 N–H and O–H groups in total. The Bertz CT molecular complexity index is 2110. The Balaban J connectivity index is 1.35. The topological polar surface area (TPSA) is 38.7 Å². The summed E-state index contributed by atoms with van der Waals surface area (Å²) in [6.45, 7) is 0. The van der Waals surface area contributed by atoms with Crippen LogP contribution in [-0.2, 0) is 0 Å². The third-order valence-electron chi connectivity index (χ3n) is 9.10. The van der Waals surface area contributed by atoms with Gasteiger partial charge in [0.2, 0.25) is 0 Å². The van der Waals surface area contributed by atoms with Crippen LogP contribution in [0.25, 0.3) is 45.0 Å². The quantitative estimate of drug-likeness (QED) is 0.215. The van der Waals surface area contributed by atoms with Crippen molar-refractivity contribution in [3.05, 3.63) is 185 Å². The molecule has 3 nitrogen and oxygen atoms in total. The Morgan fingerprint density at radius 1 is 0.341 bits per heavy atom. The van der Waals surface area contributed by atoms with Gasteiger partial charge in [0.05, 0.1) is 5.92 Å². The van der Waals surface area contributed by atoms with Gasteiger partial charge in [0.1, 0.15) is 5.82 Å². The lowest BCUT2D eigenvalue weighted by atomic mass is 9.82. The van der Waals surface area contributed by atoms with Crippen molar-refractivity contribution in [3.8, 4) is 45.0 Å². The minimum absolute atomic E-state index is 0.123. The second-order valence-electron chi connectivity index (χ2n) is 11.5.